The molecule has 0 aliphatic carbocycles. The number of nitrogens with two attached hydrogens (primary N) is 1. The first-order valence-corrected chi connectivity index (χ1v) is 8.49. The molecule has 0 unspecified atom stereocenters. The molecule has 0 aliphatic heterocycles. The van der Waals surface area contributed by atoms with Crippen molar-refractivity contribution in [3.63, 3.8) is 0 Å². The standard InChI is InChI=1S/C14H16N4O5S/c15-24(22,23)11-3-1-9(2-4-11)5-6-16-12(19)7-10-8-13(20)18-14(21)17-10/h1-4,8H,5-7H2,(H,16,19)(H2,15,22,23)(H2,17,18,20,21). The minimum absolute atomic E-state index is 0.0218. The number of rotatable bonds is 6. The Hall–Kier alpha value is -2.72. The number of benzene rings is 1. The number of aromatic nitrogens is 2. The summed E-state index contributed by atoms with van der Waals surface area (Å²) < 4.78 is 22.3. The largest absolute Gasteiger partial charge is 0.355 e. The molecule has 2 rings (SSSR count). The molecule has 128 valence electrons. The molecule has 1 aromatic heterocycles. The molecule has 0 fully saturated rings. The van der Waals surface area contributed by atoms with Crippen molar-refractivity contribution >= 4 is 15.9 Å². The van der Waals surface area contributed by atoms with Crippen LogP contribution in [0.5, 0.6) is 0 Å². The van der Waals surface area contributed by atoms with Crippen LogP contribution in [0.3, 0.4) is 0 Å². The maximum absolute atomic E-state index is 11.8. The van der Waals surface area contributed by atoms with E-state index in [0.29, 0.717) is 13.0 Å². The van der Waals surface area contributed by atoms with Crippen LogP contribution in [0.4, 0.5) is 0 Å². The highest BCUT2D eigenvalue weighted by Gasteiger charge is 2.08. The number of aromatic amines is 2. The number of carbonyl (C=O) groups excluding carboxylic acids is 1. The minimum atomic E-state index is -3.72. The minimum Gasteiger partial charge on any atom is -0.355 e. The molecule has 5 N–H and O–H groups in total. The highest BCUT2D eigenvalue weighted by Crippen LogP contribution is 2.08. The number of primary sulfonamides is 1. The zero-order valence-electron chi connectivity index (χ0n) is 12.5. The predicted octanol–water partition coefficient (Wildman–Crippen LogP) is -1.39. The van der Waals surface area contributed by atoms with Crippen molar-refractivity contribution in [3.8, 4) is 0 Å². The van der Waals surface area contributed by atoms with Crippen LogP contribution in [0.15, 0.2) is 44.8 Å². The number of hydrogen-bond acceptors (Lipinski definition) is 5. The van der Waals surface area contributed by atoms with E-state index in [-0.39, 0.29) is 22.9 Å². The van der Waals surface area contributed by atoms with E-state index < -0.39 is 21.3 Å². The third kappa shape index (κ3) is 5.18. The molecule has 2 aromatic rings. The third-order valence-electron chi connectivity index (χ3n) is 3.15. The average molecular weight is 352 g/mol. The Balaban J connectivity index is 1.86. The number of hydrogen-bond donors (Lipinski definition) is 4. The lowest BCUT2D eigenvalue weighted by Crippen LogP contribution is -2.30. The maximum atomic E-state index is 11.8. The molecule has 0 aliphatic rings. The first kappa shape index (κ1) is 17.6. The average Bonchev–Trinajstić information content (AvgIpc) is 2.45. The molecule has 24 heavy (non-hydrogen) atoms. The van der Waals surface area contributed by atoms with Gasteiger partial charge in [-0.1, -0.05) is 12.1 Å². The van der Waals surface area contributed by atoms with E-state index in [0.717, 1.165) is 11.6 Å². The van der Waals surface area contributed by atoms with E-state index in [4.69, 9.17) is 5.14 Å². The smallest absolute Gasteiger partial charge is 0.325 e. The Morgan fingerprint density at radius 3 is 2.38 bits per heavy atom. The number of amides is 1. The zero-order valence-corrected chi connectivity index (χ0v) is 13.4. The van der Waals surface area contributed by atoms with Crippen LogP contribution < -0.4 is 21.7 Å². The molecule has 0 radical (unpaired) electrons. The third-order valence-corrected chi connectivity index (χ3v) is 4.08. The van der Waals surface area contributed by atoms with Gasteiger partial charge in [0.2, 0.25) is 15.9 Å². The van der Waals surface area contributed by atoms with Crippen molar-refractivity contribution in [2.45, 2.75) is 17.7 Å². The van der Waals surface area contributed by atoms with Crippen molar-refractivity contribution in [1.82, 2.24) is 15.3 Å². The summed E-state index contributed by atoms with van der Waals surface area (Å²) in [5.74, 6) is -0.350. The first-order chi connectivity index (χ1) is 11.2. The molecule has 0 bridgehead atoms. The fourth-order valence-electron chi connectivity index (χ4n) is 2.04. The summed E-state index contributed by atoms with van der Waals surface area (Å²) in [6.45, 7) is 0.320. The van der Waals surface area contributed by atoms with Crippen molar-refractivity contribution in [2.75, 3.05) is 6.54 Å². The van der Waals surface area contributed by atoms with E-state index in [1.807, 2.05) is 4.98 Å². The van der Waals surface area contributed by atoms with Gasteiger partial charge in [-0.25, -0.2) is 18.4 Å². The van der Waals surface area contributed by atoms with E-state index >= 15 is 0 Å². The van der Waals surface area contributed by atoms with Crippen LogP contribution in [0.2, 0.25) is 0 Å². The van der Waals surface area contributed by atoms with Gasteiger partial charge in [0.05, 0.1) is 11.3 Å². The summed E-state index contributed by atoms with van der Waals surface area (Å²) in [5, 5.41) is 7.65. The number of sulfonamides is 1. The van der Waals surface area contributed by atoms with Gasteiger partial charge in [0.25, 0.3) is 5.56 Å². The summed E-state index contributed by atoms with van der Waals surface area (Å²) in [4.78, 5) is 38.4. The summed E-state index contributed by atoms with van der Waals surface area (Å²) in [5.41, 5.74) is -0.192. The molecule has 0 saturated carbocycles. The van der Waals surface area contributed by atoms with E-state index in [1.54, 1.807) is 12.1 Å². The SMILES string of the molecule is NS(=O)(=O)c1ccc(CCNC(=O)Cc2cc(=O)[nH]c(=O)[nH]2)cc1. The van der Waals surface area contributed by atoms with Gasteiger partial charge < -0.3 is 10.3 Å². The molecule has 1 amide bonds. The molecule has 9 nitrogen and oxygen atoms in total. The first-order valence-electron chi connectivity index (χ1n) is 6.95. The van der Waals surface area contributed by atoms with E-state index in [1.165, 1.54) is 12.1 Å². The van der Waals surface area contributed by atoms with Crippen molar-refractivity contribution in [3.05, 3.63) is 62.4 Å². The topological polar surface area (TPSA) is 155 Å². The van der Waals surface area contributed by atoms with Gasteiger partial charge in [-0.15, -0.1) is 0 Å². The summed E-state index contributed by atoms with van der Waals surface area (Å²) >= 11 is 0. The molecular weight excluding hydrogens is 336 g/mol. The van der Waals surface area contributed by atoms with E-state index in [2.05, 4.69) is 10.3 Å². The molecule has 0 atom stereocenters. The van der Waals surface area contributed by atoms with Crippen LogP contribution in [0, 0.1) is 0 Å². The van der Waals surface area contributed by atoms with Crippen molar-refractivity contribution < 1.29 is 13.2 Å². The molecule has 1 aromatic carbocycles. The van der Waals surface area contributed by atoms with Gasteiger partial charge in [0.1, 0.15) is 0 Å². The lowest BCUT2D eigenvalue weighted by Gasteiger charge is -2.06. The molecule has 0 spiro atoms. The predicted molar refractivity (Wildman–Crippen MR) is 85.9 cm³/mol. The van der Waals surface area contributed by atoms with Crippen LogP contribution in [-0.2, 0) is 27.7 Å². The Labute approximate surface area is 137 Å². The number of carbonyl (C=O) groups is 1. The van der Waals surface area contributed by atoms with Crippen molar-refractivity contribution in [1.29, 1.82) is 0 Å². The number of nitrogens with one attached hydrogen (secondary N) is 3. The second-order valence-corrected chi connectivity index (χ2v) is 6.64. The monoisotopic (exact) mass is 352 g/mol. The van der Waals surface area contributed by atoms with Crippen LogP contribution in [-0.4, -0.2) is 30.8 Å². The van der Waals surface area contributed by atoms with E-state index in [9.17, 15) is 22.8 Å². The highest BCUT2D eigenvalue weighted by molar-refractivity contribution is 7.89. The second-order valence-electron chi connectivity index (χ2n) is 5.08. The normalized spacial score (nSPS) is 11.2. The Morgan fingerprint density at radius 2 is 1.79 bits per heavy atom. The maximum Gasteiger partial charge on any atom is 0.325 e. The summed E-state index contributed by atoms with van der Waals surface area (Å²) in [6.07, 6.45) is 0.367. The Morgan fingerprint density at radius 1 is 1.12 bits per heavy atom. The molecule has 0 saturated heterocycles. The van der Waals surface area contributed by atoms with Crippen LogP contribution in [0.25, 0.3) is 0 Å². The zero-order chi connectivity index (χ0) is 17.7. The molecule has 1 heterocycles. The number of H-pyrrole nitrogens is 2. The fraction of sp³-hybridized carbons (Fsp3) is 0.214. The van der Waals surface area contributed by atoms with Crippen molar-refractivity contribution in [2.24, 2.45) is 5.14 Å². The van der Waals surface area contributed by atoms with Gasteiger partial charge in [-0.05, 0) is 24.1 Å². The van der Waals surface area contributed by atoms with Gasteiger partial charge in [-0.2, -0.15) is 0 Å². The van der Waals surface area contributed by atoms with Crippen LogP contribution in [0.1, 0.15) is 11.3 Å². The highest BCUT2D eigenvalue weighted by atomic mass is 32.2. The summed E-state index contributed by atoms with van der Waals surface area (Å²) in [7, 11) is -3.72. The van der Waals surface area contributed by atoms with Gasteiger partial charge in [0, 0.05) is 18.3 Å². The molecule has 10 heteroatoms. The van der Waals surface area contributed by atoms with Crippen LogP contribution >= 0.6 is 0 Å². The summed E-state index contributed by atoms with van der Waals surface area (Å²) in [6, 6.07) is 7.16. The Kier molecular flexibility index (Phi) is 5.31. The lowest BCUT2D eigenvalue weighted by molar-refractivity contribution is -0.120. The quantitative estimate of drug-likeness (QED) is 0.504. The fourth-order valence-corrected chi connectivity index (χ4v) is 2.56. The molecular formula is C14H16N4O5S. The van der Waals surface area contributed by atoms with Gasteiger partial charge >= 0.3 is 5.69 Å². The Bertz CT molecular complexity index is 916. The van der Waals surface area contributed by atoms with Gasteiger partial charge in [-0.3, -0.25) is 14.6 Å². The second kappa shape index (κ2) is 7.23. The lowest BCUT2D eigenvalue weighted by atomic mass is 10.1. The van der Waals surface area contributed by atoms with Gasteiger partial charge in [0.15, 0.2) is 0 Å².